The van der Waals surface area contributed by atoms with E-state index in [4.69, 9.17) is 6.58 Å². The quantitative estimate of drug-likeness (QED) is 0.155. The van der Waals surface area contributed by atoms with Crippen LogP contribution in [0.2, 0.25) is 0 Å². The number of benzene rings is 5. The summed E-state index contributed by atoms with van der Waals surface area (Å²) < 4.78 is 10.3. The van der Waals surface area contributed by atoms with Gasteiger partial charge in [0, 0.05) is 77.5 Å². The molecule has 10 aromatic rings. The Bertz CT molecular complexity index is 3360. The minimum absolute atomic E-state index is 0.274. The maximum Gasteiger partial charge on any atom is 0.218 e. The largest absolute Gasteiger partial charge is 0.308 e. The van der Waals surface area contributed by atoms with Crippen LogP contribution in [0.1, 0.15) is 72.7 Å². The van der Waals surface area contributed by atoms with Crippen LogP contribution in [0.5, 0.6) is 0 Å². The van der Waals surface area contributed by atoms with Gasteiger partial charge in [0.25, 0.3) is 0 Å². The lowest BCUT2D eigenvalue weighted by Gasteiger charge is -2.31. The van der Waals surface area contributed by atoms with Crippen molar-refractivity contribution in [1.82, 2.24) is 4.40 Å². The summed E-state index contributed by atoms with van der Waals surface area (Å²) in [6.45, 7) is 7.10. The van der Waals surface area contributed by atoms with Crippen molar-refractivity contribution in [3.8, 4) is 22.5 Å². The second-order valence-corrected chi connectivity index (χ2v) is 18.8. The lowest BCUT2D eigenvalue weighted by Crippen LogP contribution is -2.49. The molecule has 0 radical (unpaired) electrons. The molecule has 3 nitrogen and oxygen atoms in total. The molecule has 7 heterocycles. The van der Waals surface area contributed by atoms with Crippen molar-refractivity contribution in [2.45, 2.75) is 70.3 Å². The summed E-state index contributed by atoms with van der Waals surface area (Å²) in [4.78, 5) is 0. The monoisotopic (exact) mass is 767 g/mol. The van der Waals surface area contributed by atoms with Gasteiger partial charge in [0.15, 0.2) is 24.1 Å². The number of nitrogens with zero attached hydrogens (tertiary/aromatic N) is 3. The molecule has 58 heavy (non-hydrogen) atoms. The van der Waals surface area contributed by atoms with Gasteiger partial charge in [-0.3, -0.25) is 0 Å². The zero-order valence-electron chi connectivity index (χ0n) is 33.0. The van der Waals surface area contributed by atoms with Crippen molar-refractivity contribution in [3.05, 3.63) is 156 Å². The Labute approximate surface area is 342 Å². The van der Waals surface area contributed by atoms with Crippen LogP contribution >= 0.6 is 11.3 Å². The summed E-state index contributed by atoms with van der Waals surface area (Å²) in [7, 11) is 0. The lowest BCUT2D eigenvalue weighted by atomic mass is 9.77. The van der Waals surface area contributed by atoms with Gasteiger partial charge >= 0.3 is 0 Å². The first kappa shape index (κ1) is 33.2. The molecule has 0 bridgehead atoms. The summed E-state index contributed by atoms with van der Waals surface area (Å²) in [6, 6.07) is 45.1. The average Bonchev–Trinajstić information content (AvgIpc) is 4.04. The molecule has 5 aromatic heterocycles. The van der Waals surface area contributed by atoms with E-state index >= 15 is 0 Å². The fourth-order valence-electron chi connectivity index (χ4n) is 11.8. The number of allylic oxidation sites excluding steroid dienone is 1. The number of hydrogen-bond acceptors (Lipinski definition) is 1. The molecule has 2 unspecified atom stereocenters. The molecule has 1 aliphatic carbocycles. The summed E-state index contributed by atoms with van der Waals surface area (Å²) in [5.74, 6) is 1.14. The van der Waals surface area contributed by atoms with Crippen LogP contribution in [0.3, 0.4) is 0 Å². The van der Waals surface area contributed by atoms with Crippen molar-refractivity contribution in [1.29, 1.82) is 0 Å². The van der Waals surface area contributed by atoms with Crippen molar-refractivity contribution < 1.29 is 9.13 Å². The number of hydrogen-bond donors (Lipinski definition) is 0. The molecule has 0 N–H and O–H groups in total. The zero-order chi connectivity index (χ0) is 38.2. The molecule has 5 aromatic carbocycles. The Morgan fingerprint density at radius 1 is 0.672 bits per heavy atom. The van der Waals surface area contributed by atoms with Crippen LogP contribution in [0.25, 0.3) is 86.5 Å². The predicted molar refractivity (Wildman–Crippen MR) is 242 cm³/mol. The van der Waals surface area contributed by atoms with Crippen LogP contribution in [0, 0.1) is 12.8 Å². The van der Waals surface area contributed by atoms with Gasteiger partial charge in [-0.1, -0.05) is 62.1 Å². The van der Waals surface area contributed by atoms with Gasteiger partial charge in [0.1, 0.15) is 0 Å². The molecule has 280 valence electrons. The Balaban J connectivity index is 1.09. The number of thiophene rings is 1. The highest BCUT2D eigenvalue weighted by Crippen LogP contribution is 2.48. The Morgan fingerprint density at radius 2 is 1.47 bits per heavy atom. The van der Waals surface area contributed by atoms with E-state index in [9.17, 15) is 0 Å². The first-order valence-corrected chi connectivity index (χ1v) is 22.3. The van der Waals surface area contributed by atoms with Gasteiger partial charge in [-0.25, -0.2) is 0 Å². The molecule has 13 rings (SSSR count). The molecule has 0 spiro atoms. The van der Waals surface area contributed by atoms with E-state index in [1.807, 2.05) is 11.3 Å². The summed E-state index contributed by atoms with van der Waals surface area (Å²) in [5, 5.41) is 8.31. The zero-order valence-corrected chi connectivity index (χ0v) is 33.8. The van der Waals surface area contributed by atoms with Gasteiger partial charge < -0.3 is 4.40 Å². The van der Waals surface area contributed by atoms with Gasteiger partial charge in [-0.15, -0.1) is 11.3 Å². The minimum atomic E-state index is 0.274. The highest BCUT2D eigenvalue weighted by molar-refractivity contribution is 7.25. The topological polar surface area (TPSA) is 12.2 Å². The molecular formula is C54H45N3S+2. The number of aryl methyl sites for hydroxylation is 2. The second-order valence-electron chi connectivity index (χ2n) is 17.7. The normalized spacial score (nSPS) is 18.3. The average molecular weight is 768 g/mol. The fourth-order valence-corrected chi connectivity index (χ4v) is 12.9. The maximum atomic E-state index is 4.86. The molecule has 3 aliphatic rings. The third-order valence-corrected chi connectivity index (χ3v) is 15.5. The van der Waals surface area contributed by atoms with Gasteiger partial charge in [0.05, 0.1) is 28.5 Å². The molecule has 4 heteroatoms. The van der Waals surface area contributed by atoms with E-state index in [0.717, 1.165) is 30.9 Å². The molecule has 0 amide bonds. The highest BCUT2D eigenvalue weighted by atomic mass is 32.1. The predicted octanol–water partition coefficient (Wildman–Crippen LogP) is 13.3. The summed E-state index contributed by atoms with van der Waals surface area (Å²) in [6.07, 6.45) is 14.2. The van der Waals surface area contributed by atoms with E-state index < -0.39 is 0 Å². The lowest BCUT2D eigenvalue weighted by molar-refractivity contribution is -0.720. The standard InChI is InChI=1S/C54H45N3S/c1-32-20-22-55-33(2)24-49-39(37-13-5-6-14-38(37)47-16-9-10-21-56(47)49)19-18-36-28-50-42(29-41(36)48(55)23-32)45-26-35(25-34-11-3-4-12-34)27-46-43-30-44-40-15-7-8-17-52(40)58-53(44)31-51(43)57(50)54(45)46/h5-10,13-17,20-23,26-31,34,39,49H,2-4,11-12,18-19,24-25H2,1H3/q+2. The van der Waals surface area contributed by atoms with E-state index in [1.54, 1.807) is 0 Å². The van der Waals surface area contributed by atoms with Crippen LogP contribution in [-0.4, -0.2) is 4.40 Å². The van der Waals surface area contributed by atoms with Gasteiger partial charge in [0.2, 0.25) is 11.4 Å². The third-order valence-electron chi connectivity index (χ3n) is 14.4. The van der Waals surface area contributed by atoms with Crippen molar-refractivity contribution in [3.63, 3.8) is 0 Å². The first-order chi connectivity index (χ1) is 28.6. The second kappa shape index (κ2) is 12.3. The van der Waals surface area contributed by atoms with Crippen molar-refractivity contribution in [2.75, 3.05) is 0 Å². The van der Waals surface area contributed by atoms with E-state index in [0.29, 0.717) is 5.92 Å². The number of aromatic nitrogens is 3. The van der Waals surface area contributed by atoms with E-state index in [1.165, 1.54) is 135 Å². The first-order valence-electron chi connectivity index (χ1n) is 21.5. The SMILES string of the molecule is C=C1CC2C(CCc3cc4c(cc3-c3cc(C)cc[n+]31)c1cc(CC3CCCC3)cc3c5cc6c(cc5n4c13)sc1ccccc16)c1ccccc1-c1cccc[n+]12. The molecular weight excluding hydrogens is 723 g/mol. The van der Waals surface area contributed by atoms with E-state index in [2.05, 4.69) is 148 Å². The molecule has 1 saturated carbocycles. The van der Waals surface area contributed by atoms with Crippen LogP contribution in [0.4, 0.5) is 0 Å². The smallest absolute Gasteiger partial charge is 0.218 e. The number of rotatable bonds is 2. The van der Waals surface area contributed by atoms with Crippen molar-refractivity contribution in [2.24, 2.45) is 5.92 Å². The minimum Gasteiger partial charge on any atom is -0.308 e. The number of pyridine rings is 2. The molecule has 2 atom stereocenters. The molecule has 2 aliphatic heterocycles. The summed E-state index contributed by atoms with van der Waals surface area (Å²) >= 11 is 1.93. The van der Waals surface area contributed by atoms with Gasteiger partial charge in [-0.2, -0.15) is 9.13 Å². The Hall–Kier alpha value is -5.84. The van der Waals surface area contributed by atoms with Crippen molar-refractivity contribution >= 4 is 75.3 Å². The van der Waals surface area contributed by atoms with Crippen LogP contribution in [-0.2, 0) is 12.8 Å². The maximum absolute atomic E-state index is 4.86. The third kappa shape index (κ3) is 4.73. The summed E-state index contributed by atoms with van der Waals surface area (Å²) in [5.41, 5.74) is 16.1. The Morgan fingerprint density at radius 3 is 2.36 bits per heavy atom. The van der Waals surface area contributed by atoms with E-state index in [-0.39, 0.29) is 6.04 Å². The molecule has 1 fully saturated rings. The van der Waals surface area contributed by atoms with Gasteiger partial charge in [-0.05, 0) is 116 Å². The van der Waals surface area contributed by atoms with Crippen LogP contribution < -0.4 is 9.13 Å². The fraction of sp³-hybridized carbons (Fsp3) is 0.222. The highest BCUT2D eigenvalue weighted by Gasteiger charge is 2.42. The number of fused-ring (bicyclic) bond motifs is 18. The Kier molecular flexibility index (Phi) is 7.05. The van der Waals surface area contributed by atoms with Crippen LogP contribution in [0.15, 0.2) is 134 Å². The molecule has 0 saturated heterocycles.